The second-order valence-corrected chi connectivity index (χ2v) is 5.27. The fourth-order valence-electron chi connectivity index (χ4n) is 1.55. The zero-order valence-corrected chi connectivity index (χ0v) is 12.8. The highest BCUT2D eigenvalue weighted by molar-refractivity contribution is 6.36. The minimum absolute atomic E-state index is 0.274. The first-order chi connectivity index (χ1) is 8.56. The quantitative estimate of drug-likeness (QED) is 0.565. The van der Waals surface area contributed by atoms with Crippen molar-refractivity contribution in [1.82, 2.24) is 4.98 Å². The number of halogens is 3. The summed E-state index contributed by atoms with van der Waals surface area (Å²) in [7, 11) is 0. The van der Waals surface area contributed by atoms with Crippen LogP contribution in [0.25, 0.3) is 0 Å². The molecule has 0 fully saturated rings. The second-order valence-electron chi connectivity index (χ2n) is 4.05. The van der Waals surface area contributed by atoms with E-state index in [4.69, 9.17) is 39.5 Å². The second kappa shape index (κ2) is 8.05. The summed E-state index contributed by atoms with van der Waals surface area (Å²) in [5.41, 5.74) is 0. The molecule has 0 atom stereocenters. The minimum Gasteiger partial charge on any atom is -0.378 e. The maximum atomic E-state index is 6.16. The summed E-state index contributed by atoms with van der Waals surface area (Å²) in [6.45, 7) is 6.01. The molecule has 0 saturated carbocycles. The Morgan fingerprint density at radius 1 is 1.33 bits per heavy atom. The number of pyridine rings is 1. The van der Waals surface area contributed by atoms with Gasteiger partial charge in [0.25, 0.3) is 0 Å². The Kier molecular flexibility index (Phi) is 7.08. The topological polar surface area (TPSA) is 25.4 Å². The third kappa shape index (κ3) is 4.81. The van der Waals surface area contributed by atoms with Crippen LogP contribution in [-0.2, 0) is 4.74 Å². The molecule has 0 aromatic carbocycles. The van der Waals surface area contributed by atoms with Crippen molar-refractivity contribution in [2.24, 2.45) is 0 Å². The van der Waals surface area contributed by atoms with Gasteiger partial charge in [-0.2, -0.15) is 0 Å². The number of nitrogens with zero attached hydrogens (tertiary/aromatic N) is 2. The Hall–Kier alpha value is -0.220. The van der Waals surface area contributed by atoms with E-state index in [-0.39, 0.29) is 6.04 Å². The smallest absolute Gasteiger partial charge is 0.147 e. The number of hydrogen-bond donors (Lipinski definition) is 0. The van der Waals surface area contributed by atoms with Crippen LogP contribution in [0.15, 0.2) is 12.3 Å². The molecule has 1 aromatic rings. The zero-order chi connectivity index (χ0) is 13.5. The predicted octanol–water partition coefficient (Wildman–Crippen LogP) is 3.86. The van der Waals surface area contributed by atoms with E-state index in [2.05, 4.69) is 23.7 Å². The van der Waals surface area contributed by atoms with Gasteiger partial charge in [0.2, 0.25) is 0 Å². The van der Waals surface area contributed by atoms with Gasteiger partial charge in [-0.05, 0) is 19.9 Å². The van der Waals surface area contributed by atoms with E-state index >= 15 is 0 Å². The molecule has 18 heavy (non-hydrogen) atoms. The Morgan fingerprint density at radius 3 is 2.61 bits per heavy atom. The van der Waals surface area contributed by atoms with E-state index in [9.17, 15) is 0 Å². The van der Waals surface area contributed by atoms with Gasteiger partial charge in [-0.15, -0.1) is 11.6 Å². The van der Waals surface area contributed by atoms with Crippen LogP contribution in [0, 0.1) is 0 Å². The molecule has 1 aromatic heterocycles. The monoisotopic (exact) mass is 310 g/mol. The maximum absolute atomic E-state index is 6.16. The molecular weight excluding hydrogens is 295 g/mol. The highest BCUT2D eigenvalue weighted by atomic mass is 35.5. The van der Waals surface area contributed by atoms with Crippen molar-refractivity contribution in [3.05, 3.63) is 22.3 Å². The van der Waals surface area contributed by atoms with Crippen LogP contribution in [-0.4, -0.2) is 36.7 Å². The molecule has 0 amide bonds. The first-order valence-electron chi connectivity index (χ1n) is 5.77. The lowest BCUT2D eigenvalue weighted by Gasteiger charge is -2.28. The third-order valence-electron chi connectivity index (χ3n) is 2.38. The van der Waals surface area contributed by atoms with Gasteiger partial charge in [-0.25, -0.2) is 4.98 Å². The Bertz CT molecular complexity index is 374. The first-order valence-corrected chi connectivity index (χ1v) is 7.06. The number of hydrogen-bond acceptors (Lipinski definition) is 3. The number of ether oxygens (including phenoxy) is 1. The minimum atomic E-state index is 0.274. The molecular formula is C12H17Cl3N2O. The molecule has 0 radical (unpaired) electrons. The molecule has 0 unspecified atom stereocenters. The summed E-state index contributed by atoms with van der Waals surface area (Å²) in [6.07, 6.45) is 1.60. The highest BCUT2D eigenvalue weighted by Crippen LogP contribution is 2.27. The standard InChI is InChI=1S/C12H17Cl3N2O/c1-9(2)17(4-6-18-5-3-13)12-11(15)7-10(14)8-16-12/h7-9H,3-6H2,1-2H3. The Morgan fingerprint density at radius 2 is 2.06 bits per heavy atom. The number of rotatable bonds is 7. The van der Waals surface area contributed by atoms with Crippen molar-refractivity contribution < 1.29 is 4.74 Å². The fraction of sp³-hybridized carbons (Fsp3) is 0.583. The average molecular weight is 312 g/mol. The van der Waals surface area contributed by atoms with Crippen LogP contribution in [0.3, 0.4) is 0 Å². The number of aromatic nitrogens is 1. The van der Waals surface area contributed by atoms with Crippen LogP contribution in [0.1, 0.15) is 13.8 Å². The van der Waals surface area contributed by atoms with Gasteiger partial charge in [-0.1, -0.05) is 23.2 Å². The van der Waals surface area contributed by atoms with Crippen molar-refractivity contribution in [3.63, 3.8) is 0 Å². The molecule has 1 heterocycles. The van der Waals surface area contributed by atoms with E-state index in [1.807, 2.05) is 0 Å². The molecule has 6 heteroatoms. The largest absolute Gasteiger partial charge is 0.378 e. The Balaban J connectivity index is 2.71. The highest BCUT2D eigenvalue weighted by Gasteiger charge is 2.15. The van der Waals surface area contributed by atoms with Crippen molar-refractivity contribution in [3.8, 4) is 0 Å². The zero-order valence-electron chi connectivity index (χ0n) is 10.5. The van der Waals surface area contributed by atoms with Crippen LogP contribution in [0.2, 0.25) is 10.0 Å². The lowest BCUT2D eigenvalue weighted by atomic mass is 10.3. The summed E-state index contributed by atoms with van der Waals surface area (Å²) in [5.74, 6) is 1.23. The van der Waals surface area contributed by atoms with E-state index in [0.29, 0.717) is 35.7 Å². The Labute approximate surface area is 123 Å². The SMILES string of the molecule is CC(C)N(CCOCCCl)c1ncc(Cl)cc1Cl. The van der Waals surface area contributed by atoms with Crippen molar-refractivity contribution >= 4 is 40.6 Å². The molecule has 1 rings (SSSR count). The van der Waals surface area contributed by atoms with Crippen LogP contribution >= 0.6 is 34.8 Å². The summed E-state index contributed by atoms with van der Waals surface area (Å²) in [6, 6.07) is 1.97. The first kappa shape index (κ1) is 15.8. The van der Waals surface area contributed by atoms with E-state index in [1.54, 1.807) is 12.3 Å². The van der Waals surface area contributed by atoms with Gasteiger partial charge < -0.3 is 9.64 Å². The molecule has 0 bridgehead atoms. The van der Waals surface area contributed by atoms with E-state index < -0.39 is 0 Å². The lowest BCUT2D eigenvalue weighted by Crippen LogP contribution is -2.35. The van der Waals surface area contributed by atoms with Crippen LogP contribution in [0.4, 0.5) is 5.82 Å². The maximum Gasteiger partial charge on any atom is 0.147 e. The summed E-state index contributed by atoms with van der Waals surface area (Å²) >= 11 is 17.6. The molecule has 0 aliphatic rings. The van der Waals surface area contributed by atoms with Gasteiger partial charge >= 0.3 is 0 Å². The average Bonchev–Trinajstić information content (AvgIpc) is 2.30. The lowest BCUT2D eigenvalue weighted by molar-refractivity contribution is 0.154. The van der Waals surface area contributed by atoms with E-state index in [1.165, 1.54) is 0 Å². The fourth-order valence-corrected chi connectivity index (χ4v) is 2.14. The van der Waals surface area contributed by atoms with Gasteiger partial charge in [0.1, 0.15) is 5.82 Å². The molecule has 0 N–H and O–H groups in total. The van der Waals surface area contributed by atoms with Crippen molar-refractivity contribution in [2.45, 2.75) is 19.9 Å². The number of alkyl halides is 1. The van der Waals surface area contributed by atoms with Gasteiger partial charge in [0.15, 0.2) is 0 Å². The summed E-state index contributed by atoms with van der Waals surface area (Å²) < 4.78 is 5.38. The van der Waals surface area contributed by atoms with Crippen molar-refractivity contribution in [1.29, 1.82) is 0 Å². The van der Waals surface area contributed by atoms with Crippen LogP contribution in [0.5, 0.6) is 0 Å². The van der Waals surface area contributed by atoms with Gasteiger partial charge in [0, 0.05) is 24.7 Å². The van der Waals surface area contributed by atoms with E-state index in [0.717, 1.165) is 5.82 Å². The van der Waals surface area contributed by atoms with Gasteiger partial charge in [-0.3, -0.25) is 0 Å². The summed E-state index contributed by atoms with van der Waals surface area (Å²) in [4.78, 5) is 6.35. The molecule has 0 saturated heterocycles. The predicted molar refractivity (Wildman–Crippen MR) is 78.3 cm³/mol. The van der Waals surface area contributed by atoms with Crippen molar-refractivity contribution in [2.75, 3.05) is 30.5 Å². The molecule has 0 spiro atoms. The summed E-state index contributed by atoms with van der Waals surface area (Å²) in [5, 5.41) is 1.08. The molecule has 102 valence electrons. The third-order valence-corrected chi connectivity index (χ3v) is 3.02. The molecule has 3 nitrogen and oxygen atoms in total. The molecule has 0 aliphatic heterocycles. The number of anilines is 1. The van der Waals surface area contributed by atoms with Crippen LogP contribution < -0.4 is 4.90 Å². The molecule has 0 aliphatic carbocycles. The van der Waals surface area contributed by atoms with Gasteiger partial charge in [0.05, 0.1) is 23.3 Å². The normalized spacial score (nSPS) is 11.0.